The summed E-state index contributed by atoms with van der Waals surface area (Å²) >= 11 is 0. The molecule has 32 heavy (non-hydrogen) atoms. The van der Waals surface area contributed by atoms with E-state index in [1.807, 2.05) is 0 Å². The number of ketones is 1. The average Bonchev–Trinajstić information content (AvgIpc) is 2.82. The Morgan fingerprint density at radius 3 is 2.12 bits per heavy atom. The molecule has 164 valence electrons. The molecule has 1 atom stereocenters. The topological polar surface area (TPSA) is 121 Å². The van der Waals surface area contributed by atoms with Crippen LogP contribution in [0.2, 0.25) is 0 Å². The van der Waals surface area contributed by atoms with Gasteiger partial charge in [-0.15, -0.1) is 0 Å². The van der Waals surface area contributed by atoms with Gasteiger partial charge in [-0.05, 0) is 30.7 Å². The summed E-state index contributed by atoms with van der Waals surface area (Å²) in [4.78, 5) is 35.2. The van der Waals surface area contributed by atoms with Gasteiger partial charge >= 0.3 is 5.97 Å². The van der Waals surface area contributed by atoms with Crippen LogP contribution >= 0.6 is 0 Å². The zero-order chi connectivity index (χ0) is 23.3. The van der Waals surface area contributed by atoms with Crippen molar-refractivity contribution < 1.29 is 27.7 Å². The summed E-state index contributed by atoms with van der Waals surface area (Å²) in [5.41, 5.74) is -0.119. The Bertz CT molecular complexity index is 1250. The van der Waals surface area contributed by atoms with E-state index < -0.39 is 32.6 Å². The summed E-state index contributed by atoms with van der Waals surface area (Å²) in [7, 11) is -4.18. The molecule has 3 aromatic rings. The molecule has 3 aromatic carbocycles. The van der Waals surface area contributed by atoms with Crippen molar-refractivity contribution in [3.05, 3.63) is 100 Å². The number of carbonyl (C=O) groups excluding carboxylic acids is 2. The highest BCUT2D eigenvalue weighted by Gasteiger charge is 2.29. The maximum Gasteiger partial charge on any atom is 0.340 e. The van der Waals surface area contributed by atoms with Crippen LogP contribution in [-0.4, -0.2) is 31.2 Å². The Morgan fingerprint density at radius 2 is 1.53 bits per heavy atom. The number of non-ortho nitro benzene ring substituents is 1. The van der Waals surface area contributed by atoms with Gasteiger partial charge in [0.05, 0.1) is 20.3 Å². The van der Waals surface area contributed by atoms with Gasteiger partial charge in [-0.3, -0.25) is 14.9 Å². The Kier molecular flexibility index (Phi) is 6.79. The average molecular weight is 453 g/mol. The first kappa shape index (κ1) is 22.8. The van der Waals surface area contributed by atoms with Crippen molar-refractivity contribution in [2.75, 3.05) is 0 Å². The predicted molar refractivity (Wildman–Crippen MR) is 115 cm³/mol. The second kappa shape index (κ2) is 9.52. The lowest BCUT2D eigenvalue weighted by molar-refractivity contribution is -0.384. The molecule has 0 amide bonds. The van der Waals surface area contributed by atoms with Crippen LogP contribution in [0.25, 0.3) is 0 Å². The summed E-state index contributed by atoms with van der Waals surface area (Å²) in [6.07, 6.45) is -0.878. The minimum absolute atomic E-state index is 0.205. The van der Waals surface area contributed by atoms with Crippen molar-refractivity contribution in [1.82, 2.24) is 0 Å². The number of hydrogen-bond acceptors (Lipinski definition) is 7. The third-order valence-corrected chi connectivity index (χ3v) is 6.55. The van der Waals surface area contributed by atoms with Crippen LogP contribution in [-0.2, 0) is 14.6 Å². The molecule has 0 unspecified atom stereocenters. The number of nitro benzene ring substituents is 1. The van der Waals surface area contributed by atoms with Gasteiger partial charge in [0.2, 0.25) is 15.6 Å². The van der Waals surface area contributed by atoms with Gasteiger partial charge < -0.3 is 4.74 Å². The molecular weight excluding hydrogens is 434 g/mol. The molecular formula is C23H19NO7S. The van der Waals surface area contributed by atoms with Crippen molar-refractivity contribution in [2.45, 2.75) is 29.2 Å². The summed E-state index contributed by atoms with van der Waals surface area (Å²) in [6, 6.07) is 18.1. The molecule has 0 saturated heterocycles. The number of Topliss-reactive ketones (excluding diaryl/α,β-unsaturated/α-hetero) is 1. The molecule has 0 radical (unpaired) electrons. The lowest BCUT2D eigenvalue weighted by Crippen LogP contribution is -2.27. The number of esters is 1. The van der Waals surface area contributed by atoms with E-state index in [0.717, 1.165) is 24.3 Å². The monoisotopic (exact) mass is 453 g/mol. The van der Waals surface area contributed by atoms with Gasteiger partial charge in [-0.25, -0.2) is 13.2 Å². The van der Waals surface area contributed by atoms with Gasteiger partial charge in [-0.1, -0.05) is 49.4 Å². The number of sulfone groups is 1. The van der Waals surface area contributed by atoms with E-state index in [2.05, 4.69) is 0 Å². The molecule has 0 aliphatic rings. The maximum absolute atomic E-state index is 13.1. The van der Waals surface area contributed by atoms with Crippen molar-refractivity contribution in [3.8, 4) is 0 Å². The minimum Gasteiger partial charge on any atom is -0.450 e. The van der Waals surface area contributed by atoms with E-state index >= 15 is 0 Å². The first-order chi connectivity index (χ1) is 15.3. The van der Waals surface area contributed by atoms with Crippen LogP contribution in [0.4, 0.5) is 5.69 Å². The third kappa shape index (κ3) is 4.73. The van der Waals surface area contributed by atoms with E-state index in [1.165, 1.54) is 24.3 Å². The second-order valence-electron chi connectivity index (χ2n) is 6.78. The van der Waals surface area contributed by atoms with Crippen molar-refractivity contribution in [1.29, 1.82) is 0 Å². The van der Waals surface area contributed by atoms with Crippen molar-refractivity contribution >= 4 is 27.3 Å². The van der Waals surface area contributed by atoms with Gasteiger partial charge in [0.15, 0.2) is 6.10 Å². The number of nitro groups is 1. The molecule has 0 fully saturated rings. The lowest BCUT2D eigenvalue weighted by atomic mass is 10.0. The summed E-state index contributed by atoms with van der Waals surface area (Å²) in [5, 5.41) is 10.8. The molecule has 8 nitrogen and oxygen atoms in total. The Balaban J connectivity index is 1.92. The number of rotatable bonds is 8. The quantitative estimate of drug-likeness (QED) is 0.216. The first-order valence-electron chi connectivity index (χ1n) is 9.64. The molecule has 0 bridgehead atoms. The van der Waals surface area contributed by atoms with Gasteiger partial charge in [0, 0.05) is 17.7 Å². The SMILES string of the molecule is CC[C@@H](OC(=O)c1ccccc1S(=O)(=O)c1ccc([N+](=O)[O-])cc1)C(=O)c1ccccc1. The molecule has 0 aliphatic heterocycles. The zero-order valence-corrected chi connectivity index (χ0v) is 17.8. The first-order valence-corrected chi connectivity index (χ1v) is 11.1. The normalized spacial score (nSPS) is 12.0. The van der Waals surface area contributed by atoms with Crippen molar-refractivity contribution in [2.24, 2.45) is 0 Å². The number of benzene rings is 3. The van der Waals surface area contributed by atoms with Crippen LogP contribution < -0.4 is 0 Å². The maximum atomic E-state index is 13.1. The summed E-state index contributed by atoms with van der Waals surface area (Å²) in [5.74, 6) is -1.35. The second-order valence-corrected chi connectivity index (χ2v) is 8.70. The van der Waals surface area contributed by atoms with E-state index in [0.29, 0.717) is 5.56 Å². The Hall–Kier alpha value is -3.85. The number of nitrogens with zero attached hydrogens (tertiary/aromatic N) is 1. The van der Waals surface area contributed by atoms with Crippen molar-refractivity contribution in [3.63, 3.8) is 0 Å². The minimum atomic E-state index is -4.18. The highest BCUT2D eigenvalue weighted by Crippen LogP contribution is 2.27. The molecule has 3 rings (SSSR count). The van der Waals surface area contributed by atoms with Crippen LogP contribution in [0.1, 0.15) is 34.1 Å². The largest absolute Gasteiger partial charge is 0.450 e. The molecule has 0 spiro atoms. The van der Waals surface area contributed by atoms with E-state index in [-0.39, 0.29) is 27.5 Å². The van der Waals surface area contributed by atoms with Crippen LogP contribution in [0, 0.1) is 10.1 Å². The van der Waals surface area contributed by atoms with Gasteiger partial charge in [-0.2, -0.15) is 0 Å². The fraction of sp³-hybridized carbons (Fsp3) is 0.130. The highest BCUT2D eigenvalue weighted by atomic mass is 32.2. The molecule has 0 aromatic heterocycles. The smallest absolute Gasteiger partial charge is 0.340 e. The fourth-order valence-electron chi connectivity index (χ4n) is 3.05. The lowest BCUT2D eigenvalue weighted by Gasteiger charge is -2.17. The molecule has 0 heterocycles. The molecule has 0 aliphatic carbocycles. The van der Waals surface area contributed by atoms with E-state index in [9.17, 15) is 28.1 Å². The van der Waals surface area contributed by atoms with Gasteiger partial charge in [0.1, 0.15) is 0 Å². The van der Waals surface area contributed by atoms with Crippen LogP contribution in [0.3, 0.4) is 0 Å². The van der Waals surface area contributed by atoms with Crippen LogP contribution in [0.5, 0.6) is 0 Å². The van der Waals surface area contributed by atoms with Crippen LogP contribution in [0.15, 0.2) is 88.7 Å². The number of carbonyl (C=O) groups is 2. The predicted octanol–water partition coefficient (Wildman–Crippen LogP) is 4.25. The molecule has 0 saturated carbocycles. The zero-order valence-electron chi connectivity index (χ0n) is 17.0. The summed E-state index contributed by atoms with van der Waals surface area (Å²) < 4.78 is 31.6. The number of ether oxygens (including phenoxy) is 1. The fourth-order valence-corrected chi connectivity index (χ4v) is 4.49. The standard InChI is InChI=1S/C23H19NO7S/c1-2-20(22(25)16-8-4-3-5-9-16)31-23(26)19-10-6-7-11-21(19)32(29,30)18-14-12-17(13-15-18)24(27)28/h3-15,20H,2H2,1H3/t20-/m1/s1. The Labute approximate surface area is 184 Å². The van der Waals surface area contributed by atoms with E-state index in [1.54, 1.807) is 37.3 Å². The Morgan fingerprint density at radius 1 is 0.938 bits per heavy atom. The highest BCUT2D eigenvalue weighted by molar-refractivity contribution is 7.91. The van der Waals surface area contributed by atoms with E-state index in [4.69, 9.17) is 4.74 Å². The van der Waals surface area contributed by atoms with Gasteiger partial charge in [0.25, 0.3) is 5.69 Å². The number of hydrogen-bond donors (Lipinski definition) is 0. The third-order valence-electron chi connectivity index (χ3n) is 4.73. The molecule has 9 heteroatoms. The molecule has 0 N–H and O–H groups in total. The summed E-state index contributed by atoms with van der Waals surface area (Å²) in [6.45, 7) is 1.68.